The van der Waals surface area contributed by atoms with Gasteiger partial charge in [-0.05, 0) is 6.42 Å². The lowest BCUT2D eigenvalue weighted by Crippen LogP contribution is -2.33. The molecule has 1 atom stereocenters. The third kappa shape index (κ3) is 4.13. The Bertz CT molecular complexity index is 327. The molecular weight excluding hydrogens is 234 g/mol. The minimum absolute atomic E-state index is 0.128. The topological polar surface area (TPSA) is 63.7 Å². The number of rotatable bonds is 7. The molecule has 0 N–H and O–H groups in total. The molecule has 0 aromatic heterocycles. The van der Waals surface area contributed by atoms with Crippen molar-refractivity contribution in [3.8, 4) is 0 Å². The van der Waals surface area contributed by atoms with Gasteiger partial charge in [-0.2, -0.15) is 0 Å². The first-order valence-electron chi connectivity index (χ1n) is 6.63. The van der Waals surface area contributed by atoms with Gasteiger partial charge < -0.3 is 4.84 Å². The van der Waals surface area contributed by atoms with E-state index in [9.17, 15) is 14.4 Å². The van der Waals surface area contributed by atoms with E-state index in [4.69, 9.17) is 4.84 Å². The molecule has 5 heteroatoms. The van der Waals surface area contributed by atoms with Crippen molar-refractivity contribution in [1.29, 1.82) is 0 Å². The summed E-state index contributed by atoms with van der Waals surface area (Å²) < 4.78 is 0. The number of imide groups is 1. The van der Waals surface area contributed by atoms with Crippen LogP contribution in [-0.2, 0) is 19.2 Å². The van der Waals surface area contributed by atoms with Crippen LogP contribution in [0.15, 0.2) is 0 Å². The SMILES string of the molecule is CCCCCCCC(=O)ON1C(=O)CC(C)C1=O. The predicted molar refractivity (Wildman–Crippen MR) is 65.1 cm³/mol. The summed E-state index contributed by atoms with van der Waals surface area (Å²) in [5.74, 6) is -1.72. The molecule has 1 fully saturated rings. The summed E-state index contributed by atoms with van der Waals surface area (Å²) >= 11 is 0. The van der Waals surface area contributed by atoms with E-state index in [-0.39, 0.29) is 18.8 Å². The summed E-state index contributed by atoms with van der Waals surface area (Å²) in [4.78, 5) is 39.1. The fourth-order valence-electron chi connectivity index (χ4n) is 1.87. The Hall–Kier alpha value is -1.39. The Labute approximate surface area is 107 Å². The number of amides is 2. The van der Waals surface area contributed by atoms with Gasteiger partial charge in [0.1, 0.15) is 0 Å². The first-order chi connectivity index (χ1) is 8.56. The maximum Gasteiger partial charge on any atom is 0.333 e. The fraction of sp³-hybridized carbons (Fsp3) is 0.769. The maximum absolute atomic E-state index is 11.5. The molecule has 102 valence electrons. The van der Waals surface area contributed by atoms with Crippen LogP contribution in [0.1, 0.15) is 58.8 Å². The predicted octanol–water partition coefficient (Wildman–Crippen LogP) is 2.20. The summed E-state index contributed by atoms with van der Waals surface area (Å²) in [6.45, 7) is 3.78. The number of hydroxylamine groups is 2. The first kappa shape index (κ1) is 14.7. The third-order valence-electron chi connectivity index (χ3n) is 3.01. The van der Waals surface area contributed by atoms with Crippen molar-refractivity contribution < 1.29 is 19.2 Å². The van der Waals surface area contributed by atoms with Gasteiger partial charge in [-0.15, -0.1) is 5.06 Å². The highest BCUT2D eigenvalue weighted by Crippen LogP contribution is 2.19. The highest BCUT2D eigenvalue weighted by Gasteiger charge is 2.38. The van der Waals surface area contributed by atoms with Crippen LogP contribution in [0.5, 0.6) is 0 Å². The number of carbonyl (C=O) groups is 3. The molecule has 0 bridgehead atoms. The molecule has 0 saturated carbocycles. The van der Waals surface area contributed by atoms with E-state index in [0.717, 1.165) is 32.1 Å². The minimum Gasteiger partial charge on any atom is -0.330 e. The van der Waals surface area contributed by atoms with Crippen LogP contribution in [0.25, 0.3) is 0 Å². The standard InChI is InChI=1S/C13H21NO4/c1-3-4-5-6-7-8-12(16)18-14-11(15)9-10(2)13(14)17/h10H,3-9H2,1-2H3. The lowest BCUT2D eigenvalue weighted by atomic mass is 10.1. The lowest BCUT2D eigenvalue weighted by molar-refractivity contribution is -0.198. The van der Waals surface area contributed by atoms with E-state index in [1.165, 1.54) is 0 Å². The second-order valence-corrected chi connectivity index (χ2v) is 4.76. The van der Waals surface area contributed by atoms with Crippen LogP contribution in [0.3, 0.4) is 0 Å². The average molecular weight is 255 g/mol. The Morgan fingerprint density at radius 2 is 1.94 bits per heavy atom. The van der Waals surface area contributed by atoms with Gasteiger partial charge in [-0.25, -0.2) is 4.79 Å². The normalized spacial score (nSPS) is 19.4. The van der Waals surface area contributed by atoms with E-state index in [0.29, 0.717) is 5.06 Å². The van der Waals surface area contributed by atoms with E-state index < -0.39 is 17.8 Å². The quantitative estimate of drug-likeness (QED) is 0.517. The van der Waals surface area contributed by atoms with Gasteiger partial charge in [0.2, 0.25) is 0 Å². The van der Waals surface area contributed by atoms with E-state index in [1.54, 1.807) is 6.92 Å². The van der Waals surface area contributed by atoms with Crippen LogP contribution < -0.4 is 0 Å². The van der Waals surface area contributed by atoms with Crippen LogP contribution in [-0.4, -0.2) is 22.8 Å². The zero-order valence-electron chi connectivity index (χ0n) is 11.1. The molecule has 18 heavy (non-hydrogen) atoms. The molecule has 1 aliphatic heterocycles. The first-order valence-corrected chi connectivity index (χ1v) is 6.63. The maximum atomic E-state index is 11.5. The molecule has 1 saturated heterocycles. The van der Waals surface area contributed by atoms with Crippen molar-refractivity contribution in [3.05, 3.63) is 0 Å². The van der Waals surface area contributed by atoms with Gasteiger partial charge in [-0.3, -0.25) is 9.59 Å². The highest BCUT2D eigenvalue weighted by atomic mass is 16.7. The number of hydrogen-bond acceptors (Lipinski definition) is 4. The van der Waals surface area contributed by atoms with E-state index >= 15 is 0 Å². The van der Waals surface area contributed by atoms with Crippen molar-refractivity contribution in [2.45, 2.75) is 58.8 Å². The van der Waals surface area contributed by atoms with Crippen LogP contribution >= 0.6 is 0 Å². The van der Waals surface area contributed by atoms with Gasteiger partial charge in [0, 0.05) is 18.8 Å². The lowest BCUT2D eigenvalue weighted by Gasteiger charge is -2.12. The largest absolute Gasteiger partial charge is 0.333 e. The molecule has 1 heterocycles. The van der Waals surface area contributed by atoms with Gasteiger partial charge in [-0.1, -0.05) is 39.5 Å². The Kier molecular flexibility index (Phi) is 5.82. The number of nitrogens with zero attached hydrogens (tertiary/aromatic N) is 1. The number of carbonyl (C=O) groups excluding carboxylic acids is 3. The Balaban J connectivity index is 2.24. The monoisotopic (exact) mass is 255 g/mol. The molecule has 1 unspecified atom stereocenters. The molecule has 5 nitrogen and oxygen atoms in total. The van der Waals surface area contributed by atoms with E-state index in [2.05, 4.69) is 6.92 Å². The van der Waals surface area contributed by atoms with Crippen molar-refractivity contribution in [1.82, 2.24) is 5.06 Å². The van der Waals surface area contributed by atoms with Gasteiger partial charge >= 0.3 is 5.97 Å². The molecule has 0 aliphatic carbocycles. The molecule has 1 aliphatic rings. The summed E-state index contributed by atoms with van der Waals surface area (Å²) in [6, 6.07) is 0. The Morgan fingerprint density at radius 3 is 2.50 bits per heavy atom. The molecular formula is C13H21NO4. The van der Waals surface area contributed by atoms with Gasteiger partial charge in [0.05, 0.1) is 0 Å². The van der Waals surface area contributed by atoms with Crippen molar-refractivity contribution in [2.75, 3.05) is 0 Å². The second kappa shape index (κ2) is 7.13. The summed E-state index contributed by atoms with van der Waals surface area (Å²) in [5.41, 5.74) is 0. The highest BCUT2D eigenvalue weighted by molar-refractivity contribution is 6.02. The number of unbranched alkanes of at least 4 members (excludes halogenated alkanes) is 4. The van der Waals surface area contributed by atoms with Gasteiger partial charge in [0.25, 0.3) is 11.8 Å². The van der Waals surface area contributed by atoms with Crippen molar-refractivity contribution >= 4 is 17.8 Å². The van der Waals surface area contributed by atoms with Crippen molar-refractivity contribution in [3.63, 3.8) is 0 Å². The molecule has 0 aromatic rings. The fourth-order valence-corrected chi connectivity index (χ4v) is 1.87. The van der Waals surface area contributed by atoms with Gasteiger partial charge in [0.15, 0.2) is 0 Å². The second-order valence-electron chi connectivity index (χ2n) is 4.76. The molecule has 0 radical (unpaired) electrons. The minimum atomic E-state index is -0.498. The molecule has 0 spiro atoms. The molecule has 1 rings (SSSR count). The number of hydrogen-bond donors (Lipinski definition) is 0. The smallest absolute Gasteiger partial charge is 0.330 e. The molecule has 0 aromatic carbocycles. The summed E-state index contributed by atoms with van der Waals surface area (Å²) in [7, 11) is 0. The third-order valence-corrected chi connectivity index (χ3v) is 3.01. The summed E-state index contributed by atoms with van der Waals surface area (Å²) in [5, 5.41) is 0.624. The zero-order valence-corrected chi connectivity index (χ0v) is 11.1. The van der Waals surface area contributed by atoms with Crippen LogP contribution in [0, 0.1) is 5.92 Å². The average Bonchev–Trinajstić information content (AvgIpc) is 2.56. The van der Waals surface area contributed by atoms with E-state index in [1.807, 2.05) is 0 Å². The van der Waals surface area contributed by atoms with Crippen molar-refractivity contribution in [2.24, 2.45) is 5.92 Å². The van der Waals surface area contributed by atoms with Crippen LogP contribution in [0.4, 0.5) is 0 Å². The zero-order chi connectivity index (χ0) is 13.5. The molecule has 2 amide bonds. The summed E-state index contributed by atoms with van der Waals surface area (Å²) in [6.07, 6.45) is 5.51. The van der Waals surface area contributed by atoms with Crippen LogP contribution in [0.2, 0.25) is 0 Å². The Morgan fingerprint density at radius 1 is 1.28 bits per heavy atom.